The second kappa shape index (κ2) is 6.27. The summed E-state index contributed by atoms with van der Waals surface area (Å²) in [6.45, 7) is 4.14. The summed E-state index contributed by atoms with van der Waals surface area (Å²) in [6.07, 6.45) is 2.24. The van der Waals surface area contributed by atoms with Gasteiger partial charge in [0.25, 0.3) is 5.91 Å². The molecule has 1 aromatic carbocycles. The molecule has 2 aliphatic heterocycles. The third kappa shape index (κ3) is 3.12. The van der Waals surface area contributed by atoms with Crippen LogP contribution in [0, 0.1) is 11.8 Å². The van der Waals surface area contributed by atoms with Gasteiger partial charge in [-0.05, 0) is 49.9 Å². The molecule has 0 saturated carbocycles. The molecule has 0 radical (unpaired) electrons. The fraction of sp³-hybridized carbons (Fsp3) is 0.562. The number of carbonyl (C=O) groups is 1. The summed E-state index contributed by atoms with van der Waals surface area (Å²) in [7, 11) is 0. The lowest BCUT2D eigenvalue weighted by molar-refractivity contribution is -0.133. The third-order valence-electron chi connectivity index (χ3n) is 4.48. The van der Waals surface area contributed by atoms with Crippen molar-refractivity contribution >= 4 is 5.91 Å². The summed E-state index contributed by atoms with van der Waals surface area (Å²) in [6, 6.07) is 9.54. The first-order valence-electron chi connectivity index (χ1n) is 7.49. The lowest BCUT2D eigenvalue weighted by Crippen LogP contribution is -2.36. The molecule has 2 atom stereocenters. The monoisotopic (exact) mass is 274 g/mol. The minimum atomic E-state index is 0.113. The molecule has 1 N–H and O–H groups in total. The topological polar surface area (TPSA) is 41.6 Å². The molecule has 1 aromatic rings. The molecule has 2 saturated heterocycles. The van der Waals surface area contributed by atoms with Gasteiger partial charge in [0.2, 0.25) is 0 Å². The Hall–Kier alpha value is -1.55. The lowest BCUT2D eigenvalue weighted by atomic mass is 9.92. The highest BCUT2D eigenvalue weighted by Gasteiger charge is 2.31. The van der Waals surface area contributed by atoms with Crippen LogP contribution >= 0.6 is 0 Å². The van der Waals surface area contributed by atoms with Gasteiger partial charge >= 0.3 is 0 Å². The van der Waals surface area contributed by atoms with E-state index in [-0.39, 0.29) is 12.5 Å². The van der Waals surface area contributed by atoms with Crippen LogP contribution in [-0.2, 0) is 4.79 Å². The molecule has 0 unspecified atom stereocenters. The standard InChI is InChI=1S/C16H22N2O2/c19-16(12-20-15-4-2-1-3-5-15)18-8-6-13-10-17-11-14(13)7-9-18/h1-5,13-14,17H,6-12H2/t13-,14+. The van der Waals surface area contributed by atoms with Gasteiger partial charge in [0.15, 0.2) is 6.61 Å². The second-order valence-corrected chi connectivity index (χ2v) is 5.74. The predicted molar refractivity (Wildman–Crippen MR) is 77.6 cm³/mol. The van der Waals surface area contributed by atoms with Gasteiger partial charge in [-0.15, -0.1) is 0 Å². The SMILES string of the molecule is O=C(COc1ccccc1)N1CC[C@@H]2CNC[C@@H]2CC1. The van der Waals surface area contributed by atoms with Gasteiger partial charge < -0.3 is 15.0 Å². The fourth-order valence-electron chi connectivity index (χ4n) is 3.22. The van der Waals surface area contributed by atoms with Crippen LogP contribution in [0.15, 0.2) is 30.3 Å². The molecule has 3 rings (SSSR count). The van der Waals surface area contributed by atoms with Crippen molar-refractivity contribution in [3.63, 3.8) is 0 Å². The van der Waals surface area contributed by atoms with Crippen LogP contribution in [0.4, 0.5) is 0 Å². The highest BCUT2D eigenvalue weighted by Crippen LogP contribution is 2.27. The van der Waals surface area contributed by atoms with Crippen LogP contribution in [0.1, 0.15) is 12.8 Å². The summed E-state index contributed by atoms with van der Waals surface area (Å²) >= 11 is 0. The molecular weight excluding hydrogens is 252 g/mol. The predicted octanol–water partition coefficient (Wildman–Crippen LogP) is 1.52. The molecule has 1 amide bonds. The Balaban J connectivity index is 1.50. The number of fused-ring (bicyclic) bond motifs is 1. The van der Waals surface area contributed by atoms with Crippen molar-refractivity contribution in [2.24, 2.45) is 11.8 Å². The van der Waals surface area contributed by atoms with Crippen molar-refractivity contribution < 1.29 is 9.53 Å². The van der Waals surface area contributed by atoms with Crippen LogP contribution in [0.2, 0.25) is 0 Å². The molecule has 0 bridgehead atoms. The summed E-state index contributed by atoms with van der Waals surface area (Å²) in [5.41, 5.74) is 0. The largest absolute Gasteiger partial charge is 0.484 e. The van der Waals surface area contributed by atoms with Crippen molar-refractivity contribution in [2.75, 3.05) is 32.8 Å². The first kappa shape index (κ1) is 13.4. The number of ether oxygens (including phenoxy) is 1. The summed E-state index contributed by atoms with van der Waals surface area (Å²) in [5.74, 6) is 2.38. The zero-order valence-corrected chi connectivity index (χ0v) is 11.8. The summed E-state index contributed by atoms with van der Waals surface area (Å²) in [4.78, 5) is 14.2. The third-order valence-corrected chi connectivity index (χ3v) is 4.48. The number of nitrogens with one attached hydrogen (secondary N) is 1. The van der Waals surface area contributed by atoms with Gasteiger partial charge in [-0.25, -0.2) is 0 Å². The van der Waals surface area contributed by atoms with E-state index in [1.807, 2.05) is 35.2 Å². The second-order valence-electron chi connectivity index (χ2n) is 5.74. The van der Waals surface area contributed by atoms with Crippen LogP contribution in [0.5, 0.6) is 5.75 Å². The van der Waals surface area contributed by atoms with Crippen LogP contribution < -0.4 is 10.1 Å². The maximum absolute atomic E-state index is 12.2. The van der Waals surface area contributed by atoms with Gasteiger partial charge in [0.1, 0.15) is 5.75 Å². The number of likely N-dealkylation sites (tertiary alicyclic amines) is 1. The lowest BCUT2D eigenvalue weighted by Gasteiger charge is -2.21. The molecular formula is C16H22N2O2. The molecule has 20 heavy (non-hydrogen) atoms. The number of para-hydroxylation sites is 1. The van der Waals surface area contributed by atoms with E-state index in [1.165, 1.54) is 0 Å². The van der Waals surface area contributed by atoms with Gasteiger partial charge in [0, 0.05) is 13.1 Å². The van der Waals surface area contributed by atoms with E-state index in [0.717, 1.165) is 56.6 Å². The zero-order chi connectivity index (χ0) is 13.8. The zero-order valence-electron chi connectivity index (χ0n) is 11.8. The average molecular weight is 274 g/mol. The average Bonchev–Trinajstić information content (AvgIpc) is 2.84. The van der Waals surface area contributed by atoms with E-state index in [0.29, 0.717) is 0 Å². The van der Waals surface area contributed by atoms with Crippen LogP contribution in [-0.4, -0.2) is 43.6 Å². The van der Waals surface area contributed by atoms with E-state index in [2.05, 4.69) is 5.32 Å². The van der Waals surface area contributed by atoms with Crippen LogP contribution in [0.3, 0.4) is 0 Å². The van der Waals surface area contributed by atoms with E-state index in [1.54, 1.807) is 0 Å². The Morgan fingerprint density at radius 2 is 1.80 bits per heavy atom. The fourth-order valence-corrected chi connectivity index (χ4v) is 3.22. The van der Waals surface area contributed by atoms with Gasteiger partial charge in [-0.2, -0.15) is 0 Å². The van der Waals surface area contributed by atoms with E-state index < -0.39 is 0 Å². The molecule has 0 aromatic heterocycles. The number of hydrogen-bond acceptors (Lipinski definition) is 3. The summed E-state index contributed by atoms with van der Waals surface area (Å²) < 4.78 is 5.55. The maximum atomic E-state index is 12.2. The van der Waals surface area contributed by atoms with E-state index >= 15 is 0 Å². The normalized spacial score (nSPS) is 25.9. The number of carbonyl (C=O) groups excluding carboxylic acids is 1. The van der Waals surface area contributed by atoms with E-state index in [9.17, 15) is 4.79 Å². The minimum absolute atomic E-state index is 0.113. The Morgan fingerprint density at radius 3 is 2.45 bits per heavy atom. The number of amides is 1. The van der Waals surface area contributed by atoms with Gasteiger partial charge in [-0.3, -0.25) is 4.79 Å². The molecule has 2 heterocycles. The van der Waals surface area contributed by atoms with Gasteiger partial charge in [-0.1, -0.05) is 18.2 Å². The number of hydrogen-bond donors (Lipinski definition) is 1. The van der Waals surface area contributed by atoms with Crippen molar-refractivity contribution in [2.45, 2.75) is 12.8 Å². The maximum Gasteiger partial charge on any atom is 0.260 e. The summed E-state index contributed by atoms with van der Waals surface area (Å²) in [5, 5.41) is 3.45. The Bertz CT molecular complexity index is 435. The number of nitrogens with zero attached hydrogens (tertiary/aromatic N) is 1. The Labute approximate surface area is 120 Å². The first-order valence-corrected chi connectivity index (χ1v) is 7.49. The molecule has 2 aliphatic rings. The smallest absolute Gasteiger partial charge is 0.260 e. The number of rotatable bonds is 3. The van der Waals surface area contributed by atoms with Crippen molar-refractivity contribution in [1.29, 1.82) is 0 Å². The van der Waals surface area contributed by atoms with E-state index in [4.69, 9.17) is 4.74 Å². The molecule has 4 heteroatoms. The van der Waals surface area contributed by atoms with Crippen LogP contribution in [0.25, 0.3) is 0 Å². The minimum Gasteiger partial charge on any atom is -0.484 e. The Kier molecular flexibility index (Phi) is 4.21. The van der Waals surface area contributed by atoms with Crippen molar-refractivity contribution in [3.05, 3.63) is 30.3 Å². The molecule has 0 aliphatic carbocycles. The van der Waals surface area contributed by atoms with Gasteiger partial charge in [0.05, 0.1) is 0 Å². The van der Waals surface area contributed by atoms with Crippen molar-refractivity contribution in [3.8, 4) is 5.75 Å². The molecule has 108 valence electrons. The highest BCUT2D eigenvalue weighted by atomic mass is 16.5. The Morgan fingerprint density at radius 1 is 1.15 bits per heavy atom. The first-order chi connectivity index (χ1) is 9.83. The van der Waals surface area contributed by atoms with Crippen molar-refractivity contribution in [1.82, 2.24) is 10.2 Å². The number of benzene rings is 1. The quantitative estimate of drug-likeness (QED) is 0.908. The highest BCUT2D eigenvalue weighted by molar-refractivity contribution is 5.77. The molecule has 4 nitrogen and oxygen atoms in total. The molecule has 2 fully saturated rings. The molecule has 0 spiro atoms.